The minimum Gasteiger partial charge on any atom is -0.352 e. The fraction of sp³-hybridized carbons (Fsp3) is 0.417. The van der Waals surface area contributed by atoms with Gasteiger partial charge in [0.05, 0.1) is 0 Å². The van der Waals surface area contributed by atoms with Crippen molar-refractivity contribution in [1.82, 2.24) is 19.7 Å². The molecule has 2 aliphatic rings. The molecule has 1 saturated carbocycles. The highest BCUT2D eigenvalue weighted by Gasteiger charge is 2.38. The predicted octanol–water partition coefficient (Wildman–Crippen LogP) is 3.08. The first kappa shape index (κ1) is 22.2. The maximum absolute atomic E-state index is 13.0. The Bertz CT molecular complexity index is 1090. The van der Waals surface area contributed by atoms with Crippen molar-refractivity contribution in [3.05, 3.63) is 41.6 Å². The molecule has 1 aliphatic heterocycles. The fourth-order valence-corrected chi connectivity index (χ4v) is 4.98. The normalized spacial score (nSPS) is 17.6. The summed E-state index contributed by atoms with van der Waals surface area (Å²) < 4.78 is 1.88. The minimum absolute atomic E-state index is 0.0265. The molecule has 1 saturated heterocycles. The van der Waals surface area contributed by atoms with Gasteiger partial charge < -0.3 is 9.88 Å². The van der Waals surface area contributed by atoms with E-state index in [0.717, 1.165) is 42.1 Å². The van der Waals surface area contributed by atoms with E-state index in [1.165, 1.54) is 9.80 Å². The van der Waals surface area contributed by atoms with Crippen molar-refractivity contribution in [3.8, 4) is 0 Å². The van der Waals surface area contributed by atoms with Crippen LogP contribution in [0.2, 0.25) is 0 Å². The lowest BCUT2D eigenvalue weighted by molar-refractivity contribution is -0.133. The number of carbonyl (C=O) groups excluding carboxylic acids is 3. The molecule has 4 rings (SSSR count). The topological polar surface area (TPSA) is 74.6 Å². The Morgan fingerprint density at radius 3 is 2.34 bits per heavy atom. The van der Waals surface area contributed by atoms with E-state index in [-0.39, 0.29) is 41.0 Å². The molecule has 1 aromatic carbocycles. The van der Waals surface area contributed by atoms with Crippen molar-refractivity contribution in [1.29, 1.82) is 0 Å². The van der Waals surface area contributed by atoms with Gasteiger partial charge in [0.25, 0.3) is 11.8 Å². The molecule has 32 heavy (non-hydrogen) atoms. The second-order valence-electron chi connectivity index (χ2n) is 8.22. The minimum atomic E-state index is -0.386. The Morgan fingerprint density at radius 1 is 1.09 bits per heavy atom. The van der Waals surface area contributed by atoms with Crippen molar-refractivity contribution in [2.75, 3.05) is 13.1 Å². The van der Waals surface area contributed by atoms with Crippen LogP contribution in [0.15, 0.2) is 36.0 Å². The third-order valence-corrected chi connectivity index (χ3v) is 6.64. The van der Waals surface area contributed by atoms with Gasteiger partial charge in [0, 0.05) is 41.8 Å². The number of nitrogens with zero attached hydrogens (tertiary/aromatic N) is 3. The van der Waals surface area contributed by atoms with Crippen molar-refractivity contribution >= 4 is 52.0 Å². The van der Waals surface area contributed by atoms with Gasteiger partial charge in [0.15, 0.2) is 5.11 Å². The number of hydrogen-bond acceptors (Lipinski definition) is 4. The molecule has 1 aliphatic carbocycles. The third-order valence-electron chi connectivity index (χ3n) is 6.20. The van der Waals surface area contributed by atoms with Crippen LogP contribution in [-0.4, -0.2) is 56.3 Å². The SMILES string of the molecule is CCN1C(=O)C(=Cc2cn(CC(=O)NC3CCCC3)c3ccccc23)C(=O)N(CC)C1=S. The second kappa shape index (κ2) is 9.24. The average molecular weight is 453 g/mol. The van der Waals surface area contributed by atoms with Crippen molar-refractivity contribution in [3.63, 3.8) is 0 Å². The lowest BCUT2D eigenvalue weighted by Crippen LogP contribution is -2.55. The molecule has 2 fully saturated rings. The Morgan fingerprint density at radius 2 is 1.72 bits per heavy atom. The van der Waals surface area contributed by atoms with Gasteiger partial charge in [-0.2, -0.15) is 0 Å². The van der Waals surface area contributed by atoms with E-state index in [2.05, 4.69) is 5.32 Å². The summed E-state index contributed by atoms with van der Waals surface area (Å²) in [6.45, 7) is 4.64. The molecule has 168 valence electrons. The molecule has 8 heteroatoms. The zero-order valence-corrected chi connectivity index (χ0v) is 19.3. The molecule has 2 aromatic rings. The van der Waals surface area contributed by atoms with Gasteiger partial charge in [-0.25, -0.2) is 0 Å². The molecule has 7 nitrogen and oxygen atoms in total. The van der Waals surface area contributed by atoms with E-state index in [0.29, 0.717) is 13.1 Å². The van der Waals surface area contributed by atoms with Crippen molar-refractivity contribution < 1.29 is 14.4 Å². The van der Waals surface area contributed by atoms with E-state index < -0.39 is 0 Å². The van der Waals surface area contributed by atoms with Crippen LogP contribution in [0.4, 0.5) is 0 Å². The summed E-state index contributed by atoms with van der Waals surface area (Å²) in [5.41, 5.74) is 1.69. The molecule has 0 radical (unpaired) electrons. The summed E-state index contributed by atoms with van der Waals surface area (Å²) in [6, 6.07) is 7.95. The first-order valence-electron chi connectivity index (χ1n) is 11.2. The van der Waals surface area contributed by atoms with Gasteiger partial charge in [0.1, 0.15) is 12.1 Å². The van der Waals surface area contributed by atoms with Crippen LogP contribution < -0.4 is 5.32 Å². The Hall–Kier alpha value is -3.00. The largest absolute Gasteiger partial charge is 0.352 e. The van der Waals surface area contributed by atoms with E-state index in [1.54, 1.807) is 6.08 Å². The van der Waals surface area contributed by atoms with Gasteiger partial charge in [0.2, 0.25) is 5.91 Å². The maximum atomic E-state index is 13.0. The van der Waals surface area contributed by atoms with Gasteiger partial charge in [-0.05, 0) is 51.0 Å². The highest BCUT2D eigenvalue weighted by Crippen LogP contribution is 2.27. The highest BCUT2D eigenvalue weighted by atomic mass is 32.1. The second-order valence-corrected chi connectivity index (χ2v) is 8.58. The number of carbonyl (C=O) groups is 3. The maximum Gasteiger partial charge on any atom is 0.265 e. The van der Waals surface area contributed by atoms with E-state index in [1.807, 2.05) is 48.9 Å². The van der Waals surface area contributed by atoms with Crippen LogP contribution in [0, 0.1) is 0 Å². The van der Waals surface area contributed by atoms with Gasteiger partial charge in [-0.15, -0.1) is 0 Å². The van der Waals surface area contributed by atoms with Crippen LogP contribution in [-0.2, 0) is 20.9 Å². The summed E-state index contributed by atoms with van der Waals surface area (Å²) in [5, 5.41) is 4.24. The molecule has 1 N–H and O–H groups in total. The molecule has 0 spiro atoms. The number of benzene rings is 1. The zero-order chi connectivity index (χ0) is 22.8. The number of rotatable bonds is 6. The summed E-state index contributed by atoms with van der Waals surface area (Å²) in [4.78, 5) is 41.5. The molecule has 0 atom stereocenters. The number of thiocarbonyl (C=S) groups is 1. The number of likely N-dealkylation sites (N-methyl/N-ethyl adjacent to an activating group) is 2. The average Bonchev–Trinajstić information content (AvgIpc) is 3.40. The zero-order valence-electron chi connectivity index (χ0n) is 18.5. The van der Waals surface area contributed by atoms with E-state index in [9.17, 15) is 14.4 Å². The van der Waals surface area contributed by atoms with Crippen LogP contribution >= 0.6 is 12.2 Å². The quantitative estimate of drug-likeness (QED) is 0.415. The Balaban J connectivity index is 1.69. The van der Waals surface area contributed by atoms with Crippen LogP contribution in [0.1, 0.15) is 45.1 Å². The first-order chi connectivity index (χ1) is 15.4. The number of fused-ring (bicyclic) bond motifs is 1. The van der Waals surface area contributed by atoms with Gasteiger partial charge in [-0.1, -0.05) is 31.0 Å². The standard InChI is InChI=1S/C24H28N4O3S/c1-3-27-22(30)19(23(31)28(4-2)24(27)32)13-16-14-26(20-12-8-7-11-18(16)20)15-21(29)25-17-9-5-6-10-17/h7-8,11-14,17H,3-6,9-10,15H2,1-2H3,(H,25,29). The predicted molar refractivity (Wildman–Crippen MR) is 128 cm³/mol. The number of hydrogen-bond donors (Lipinski definition) is 1. The fourth-order valence-electron chi connectivity index (χ4n) is 4.56. The molecule has 2 heterocycles. The third kappa shape index (κ3) is 4.07. The molecular weight excluding hydrogens is 424 g/mol. The summed E-state index contributed by atoms with van der Waals surface area (Å²) in [6.07, 6.45) is 7.85. The number of amides is 3. The molecule has 0 bridgehead atoms. The monoisotopic (exact) mass is 452 g/mol. The van der Waals surface area contributed by atoms with Gasteiger partial charge >= 0.3 is 0 Å². The van der Waals surface area contributed by atoms with E-state index in [4.69, 9.17) is 12.2 Å². The number of para-hydroxylation sites is 1. The Labute approximate surface area is 193 Å². The van der Waals surface area contributed by atoms with Crippen LogP contribution in [0.3, 0.4) is 0 Å². The smallest absolute Gasteiger partial charge is 0.265 e. The summed E-state index contributed by atoms with van der Waals surface area (Å²) >= 11 is 5.34. The van der Waals surface area contributed by atoms with Crippen LogP contribution in [0.25, 0.3) is 17.0 Å². The Kier molecular flexibility index (Phi) is 6.41. The lowest BCUT2D eigenvalue weighted by atomic mass is 10.1. The molecule has 0 unspecified atom stereocenters. The van der Waals surface area contributed by atoms with Crippen molar-refractivity contribution in [2.45, 2.75) is 52.1 Å². The molecule has 1 aromatic heterocycles. The van der Waals surface area contributed by atoms with Crippen LogP contribution in [0.5, 0.6) is 0 Å². The molecule has 3 amide bonds. The van der Waals surface area contributed by atoms with Crippen molar-refractivity contribution in [2.24, 2.45) is 0 Å². The highest BCUT2D eigenvalue weighted by molar-refractivity contribution is 7.80. The molecular formula is C24H28N4O3S. The summed E-state index contributed by atoms with van der Waals surface area (Å²) in [5.74, 6) is -0.799. The number of aromatic nitrogens is 1. The lowest BCUT2D eigenvalue weighted by Gasteiger charge is -2.35. The van der Waals surface area contributed by atoms with E-state index >= 15 is 0 Å². The van der Waals surface area contributed by atoms with Gasteiger partial charge in [-0.3, -0.25) is 24.2 Å². The summed E-state index contributed by atoms with van der Waals surface area (Å²) in [7, 11) is 0. The number of nitrogens with one attached hydrogen (secondary N) is 1. The first-order valence-corrected chi connectivity index (χ1v) is 11.6.